The molecule has 1 aromatic rings. The zero-order valence-electron chi connectivity index (χ0n) is 14.5. The summed E-state index contributed by atoms with van der Waals surface area (Å²) in [4.78, 5) is 30.6. The molecule has 1 unspecified atom stereocenters. The summed E-state index contributed by atoms with van der Waals surface area (Å²) in [6.45, 7) is 5.29. The molecule has 0 aliphatic carbocycles. The topological polar surface area (TPSA) is 71.5 Å². The van der Waals surface area contributed by atoms with Crippen LogP contribution in [0.15, 0.2) is 5.38 Å². The Morgan fingerprint density at radius 3 is 2.92 bits per heavy atom. The molecular weight excluding hydrogens is 326 g/mol. The second-order valence-corrected chi connectivity index (χ2v) is 7.07. The number of amides is 2. The minimum absolute atomic E-state index is 0.0319. The smallest absolute Gasteiger partial charge is 0.245 e. The lowest BCUT2D eigenvalue weighted by atomic mass is 10.1. The second-order valence-electron chi connectivity index (χ2n) is 6.21. The molecule has 1 saturated heterocycles. The van der Waals surface area contributed by atoms with Gasteiger partial charge in [0, 0.05) is 25.0 Å². The van der Waals surface area contributed by atoms with Gasteiger partial charge in [0.2, 0.25) is 11.8 Å². The molecule has 1 N–H and O–H groups in total. The third-order valence-corrected chi connectivity index (χ3v) is 4.87. The number of aryl methyl sites for hydroxylation is 1. The Morgan fingerprint density at radius 2 is 2.29 bits per heavy atom. The van der Waals surface area contributed by atoms with E-state index in [9.17, 15) is 9.59 Å². The number of nitrogens with zero attached hydrogens (tertiary/aromatic N) is 2. The lowest BCUT2D eigenvalue weighted by Gasteiger charge is -2.25. The normalized spacial score (nSPS) is 17.0. The quantitative estimate of drug-likeness (QED) is 0.693. The van der Waals surface area contributed by atoms with Gasteiger partial charge in [0.1, 0.15) is 6.54 Å². The van der Waals surface area contributed by atoms with Crippen molar-refractivity contribution in [3.63, 3.8) is 0 Å². The third kappa shape index (κ3) is 6.20. The summed E-state index contributed by atoms with van der Waals surface area (Å²) < 4.78 is 5.63. The van der Waals surface area contributed by atoms with Gasteiger partial charge in [-0.1, -0.05) is 19.8 Å². The average Bonchev–Trinajstić information content (AvgIpc) is 3.18. The van der Waals surface area contributed by atoms with Gasteiger partial charge in [0.05, 0.1) is 11.8 Å². The van der Waals surface area contributed by atoms with E-state index in [0.29, 0.717) is 18.1 Å². The van der Waals surface area contributed by atoms with Crippen molar-refractivity contribution in [1.29, 1.82) is 0 Å². The molecule has 7 heteroatoms. The number of unbranched alkanes of at least 4 members (excludes halogenated alkanes) is 2. The third-order valence-electron chi connectivity index (χ3n) is 3.99. The number of carbonyl (C=O) groups excluding carboxylic acids is 2. The highest BCUT2D eigenvalue weighted by atomic mass is 32.1. The van der Waals surface area contributed by atoms with Crippen LogP contribution in [0.5, 0.6) is 0 Å². The van der Waals surface area contributed by atoms with Crippen molar-refractivity contribution in [2.45, 2.75) is 58.5 Å². The number of hydrogen-bond acceptors (Lipinski definition) is 5. The molecule has 2 heterocycles. The van der Waals surface area contributed by atoms with Crippen LogP contribution in [0.1, 0.15) is 51.1 Å². The molecular formula is C17H27N3O3S. The van der Waals surface area contributed by atoms with Gasteiger partial charge < -0.3 is 15.0 Å². The highest BCUT2D eigenvalue weighted by molar-refractivity contribution is 7.13. The van der Waals surface area contributed by atoms with Crippen molar-refractivity contribution in [2.24, 2.45) is 0 Å². The number of carbonyl (C=O) groups is 2. The first-order valence-electron chi connectivity index (χ1n) is 8.70. The molecule has 0 bridgehead atoms. The predicted octanol–water partition coefficient (Wildman–Crippen LogP) is 2.98. The van der Waals surface area contributed by atoms with Crippen LogP contribution in [0, 0.1) is 6.92 Å². The molecule has 0 spiro atoms. The lowest BCUT2D eigenvalue weighted by Crippen LogP contribution is -2.42. The van der Waals surface area contributed by atoms with Crippen LogP contribution in [-0.2, 0) is 14.3 Å². The number of rotatable bonds is 9. The number of anilines is 1. The summed E-state index contributed by atoms with van der Waals surface area (Å²) in [5.74, 6) is -0.171. The SMILES string of the molecule is CCCCCC(=O)N(CC(=O)Nc1nc(C)cs1)CC1CCCO1. The van der Waals surface area contributed by atoms with Crippen molar-refractivity contribution >= 4 is 28.3 Å². The summed E-state index contributed by atoms with van der Waals surface area (Å²) in [5.41, 5.74) is 0.877. The van der Waals surface area contributed by atoms with E-state index in [-0.39, 0.29) is 24.5 Å². The van der Waals surface area contributed by atoms with Crippen LogP contribution in [-0.4, -0.2) is 47.5 Å². The summed E-state index contributed by atoms with van der Waals surface area (Å²) in [7, 11) is 0. The van der Waals surface area contributed by atoms with Gasteiger partial charge in [0.25, 0.3) is 0 Å². The number of nitrogens with one attached hydrogen (secondary N) is 1. The van der Waals surface area contributed by atoms with Gasteiger partial charge in [-0.25, -0.2) is 4.98 Å². The van der Waals surface area contributed by atoms with Crippen LogP contribution in [0.25, 0.3) is 0 Å². The van der Waals surface area contributed by atoms with Crippen LogP contribution in [0.4, 0.5) is 5.13 Å². The highest BCUT2D eigenvalue weighted by Gasteiger charge is 2.24. The van der Waals surface area contributed by atoms with Crippen LogP contribution < -0.4 is 5.32 Å². The molecule has 1 fully saturated rings. The average molecular weight is 353 g/mol. The molecule has 1 aliphatic heterocycles. The number of thiazole rings is 1. The summed E-state index contributed by atoms with van der Waals surface area (Å²) in [5, 5.41) is 5.24. The first-order chi connectivity index (χ1) is 11.6. The molecule has 1 atom stereocenters. The fourth-order valence-corrected chi connectivity index (χ4v) is 3.42. The molecule has 1 aliphatic rings. The molecule has 2 amide bonds. The fourth-order valence-electron chi connectivity index (χ4n) is 2.72. The molecule has 1 aromatic heterocycles. The Balaban J connectivity index is 1.90. The van der Waals surface area contributed by atoms with Gasteiger partial charge in [-0.15, -0.1) is 11.3 Å². The number of hydrogen-bond donors (Lipinski definition) is 1. The molecule has 24 heavy (non-hydrogen) atoms. The van der Waals surface area contributed by atoms with E-state index < -0.39 is 0 Å². The maximum Gasteiger partial charge on any atom is 0.245 e. The van der Waals surface area contributed by atoms with E-state index in [2.05, 4.69) is 17.2 Å². The Bertz CT molecular complexity index is 541. The van der Waals surface area contributed by atoms with Crippen molar-refractivity contribution in [2.75, 3.05) is 25.0 Å². The van der Waals surface area contributed by atoms with Crippen molar-refractivity contribution in [1.82, 2.24) is 9.88 Å². The number of ether oxygens (including phenoxy) is 1. The van der Waals surface area contributed by atoms with E-state index >= 15 is 0 Å². The first-order valence-corrected chi connectivity index (χ1v) is 9.57. The Labute approximate surface area is 147 Å². The van der Waals surface area contributed by atoms with E-state index in [0.717, 1.165) is 44.4 Å². The maximum absolute atomic E-state index is 12.5. The first kappa shape index (κ1) is 18.9. The minimum Gasteiger partial charge on any atom is -0.376 e. The molecule has 6 nitrogen and oxygen atoms in total. The van der Waals surface area contributed by atoms with Gasteiger partial charge in [-0.05, 0) is 26.2 Å². The summed E-state index contributed by atoms with van der Waals surface area (Å²) >= 11 is 1.39. The summed E-state index contributed by atoms with van der Waals surface area (Å²) in [6, 6.07) is 0. The lowest BCUT2D eigenvalue weighted by molar-refractivity contribution is -0.136. The molecule has 2 rings (SSSR count). The van der Waals surface area contributed by atoms with Crippen LogP contribution in [0.2, 0.25) is 0 Å². The zero-order valence-corrected chi connectivity index (χ0v) is 15.4. The standard InChI is InChI=1S/C17H27N3O3S/c1-3-4-5-8-16(22)20(10-14-7-6-9-23-14)11-15(21)19-17-18-13(2)12-24-17/h12,14H,3-11H2,1-2H3,(H,18,19,21). The Hall–Kier alpha value is -1.47. The Morgan fingerprint density at radius 1 is 1.46 bits per heavy atom. The maximum atomic E-state index is 12.5. The molecule has 0 saturated carbocycles. The zero-order chi connectivity index (χ0) is 17.4. The second kappa shape index (κ2) is 9.74. The van der Waals surface area contributed by atoms with Crippen LogP contribution in [0.3, 0.4) is 0 Å². The molecule has 0 radical (unpaired) electrons. The van der Waals surface area contributed by atoms with E-state index in [1.165, 1.54) is 11.3 Å². The van der Waals surface area contributed by atoms with Gasteiger partial charge in [0.15, 0.2) is 5.13 Å². The highest BCUT2D eigenvalue weighted by Crippen LogP contribution is 2.16. The summed E-state index contributed by atoms with van der Waals surface area (Å²) in [6.07, 6.45) is 5.48. The van der Waals surface area contributed by atoms with E-state index in [1.807, 2.05) is 12.3 Å². The Kier molecular flexibility index (Phi) is 7.65. The van der Waals surface area contributed by atoms with Gasteiger partial charge >= 0.3 is 0 Å². The monoisotopic (exact) mass is 353 g/mol. The van der Waals surface area contributed by atoms with E-state index in [1.54, 1.807) is 4.90 Å². The minimum atomic E-state index is -0.203. The predicted molar refractivity (Wildman–Crippen MR) is 95.2 cm³/mol. The van der Waals surface area contributed by atoms with E-state index in [4.69, 9.17) is 4.74 Å². The molecule has 0 aromatic carbocycles. The van der Waals surface area contributed by atoms with Crippen molar-refractivity contribution in [3.05, 3.63) is 11.1 Å². The van der Waals surface area contributed by atoms with Crippen molar-refractivity contribution < 1.29 is 14.3 Å². The molecule has 134 valence electrons. The fraction of sp³-hybridized carbons (Fsp3) is 0.706. The van der Waals surface area contributed by atoms with Gasteiger partial charge in [-0.2, -0.15) is 0 Å². The largest absolute Gasteiger partial charge is 0.376 e. The van der Waals surface area contributed by atoms with Crippen LogP contribution >= 0.6 is 11.3 Å². The van der Waals surface area contributed by atoms with Crippen molar-refractivity contribution in [3.8, 4) is 0 Å². The van der Waals surface area contributed by atoms with Gasteiger partial charge in [-0.3, -0.25) is 9.59 Å². The number of aromatic nitrogens is 1.